The number of thiazole rings is 1. The van der Waals surface area contributed by atoms with Crippen LogP contribution in [-0.4, -0.2) is 25.7 Å². The summed E-state index contributed by atoms with van der Waals surface area (Å²) >= 11 is 1.46. The summed E-state index contributed by atoms with van der Waals surface area (Å²) < 4.78 is 1.70. The van der Waals surface area contributed by atoms with Crippen molar-refractivity contribution in [3.63, 3.8) is 0 Å². The lowest BCUT2D eigenvalue weighted by molar-refractivity contribution is 0.0927. The van der Waals surface area contributed by atoms with Crippen LogP contribution < -0.4 is 5.32 Å². The van der Waals surface area contributed by atoms with Crippen LogP contribution in [-0.2, 0) is 6.54 Å². The monoisotopic (exact) mass is 375 g/mol. The number of hydrogen-bond donors (Lipinski definition) is 1. The third kappa shape index (κ3) is 4.09. The fourth-order valence-electron chi connectivity index (χ4n) is 2.76. The van der Waals surface area contributed by atoms with Crippen molar-refractivity contribution in [1.82, 2.24) is 25.1 Å². The highest BCUT2D eigenvalue weighted by Gasteiger charge is 2.19. The molecular formula is C20H17N5OS. The molecule has 1 unspecified atom stereocenters. The van der Waals surface area contributed by atoms with E-state index in [1.165, 1.54) is 17.7 Å². The first-order valence-corrected chi connectivity index (χ1v) is 9.37. The summed E-state index contributed by atoms with van der Waals surface area (Å²) in [5.74, 6) is -0.206. The van der Waals surface area contributed by atoms with Gasteiger partial charge in [0, 0.05) is 10.9 Å². The van der Waals surface area contributed by atoms with Gasteiger partial charge in [0.05, 0.1) is 12.6 Å². The smallest absolute Gasteiger partial charge is 0.271 e. The lowest BCUT2D eigenvalue weighted by Crippen LogP contribution is -2.31. The molecule has 0 aliphatic heterocycles. The molecule has 27 heavy (non-hydrogen) atoms. The third-order valence-corrected chi connectivity index (χ3v) is 4.99. The first kappa shape index (κ1) is 17.1. The molecular weight excluding hydrogens is 358 g/mol. The molecule has 0 aliphatic rings. The van der Waals surface area contributed by atoms with E-state index >= 15 is 0 Å². The Hall–Kier alpha value is -3.32. The van der Waals surface area contributed by atoms with Crippen LogP contribution in [0.3, 0.4) is 0 Å². The van der Waals surface area contributed by atoms with Crippen molar-refractivity contribution in [2.24, 2.45) is 0 Å². The summed E-state index contributed by atoms with van der Waals surface area (Å²) in [6, 6.07) is 19.4. The van der Waals surface area contributed by atoms with Gasteiger partial charge in [-0.1, -0.05) is 60.7 Å². The van der Waals surface area contributed by atoms with Crippen molar-refractivity contribution in [2.75, 3.05) is 0 Å². The highest BCUT2D eigenvalue weighted by atomic mass is 32.1. The summed E-state index contributed by atoms with van der Waals surface area (Å²) in [5, 5.41) is 9.83. The van der Waals surface area contributed by atoms with E-state index in [1.807, 2.05) is 60.7 Å². The van der Waals surface area contributed by atoms with Crippen LogP contribution in [0, 0.1) is 0 Å². The minimum atomic E-state index is -0.234. The van der Waals surface area contributed by atoms with Crippen molar-refractivity contribution >= 4 is 17.2 Å². The molecule has 0 saturated heterocycles. The van der Waals surface area contributed by atoms with Gasteiger partial charge in [-0.05, 0) is 5.56 Å². The predicted octanol–water partition coefficient (Wildman–Crippen LogP) is 3.57. The van der Waals surface area contributed by atoms with Crippen molar-refractivity contribution in [3.8, 4) is 10.6 Å². The number of aromatic nitrogens is 4. The average molecular weight is 375 g/mol. The number of rotatable bonds is 6. The van der Waals surface area contributed by atoms with Gasteiger partial charge in [0.15, 0.2) is 0 Å². The molecule has 1 atom stereocenters. The second kappa shape index (κ2) is 7.92. The zero-order valence-corrected chi connectivity index (χ0v) is 15.2. The van der Waals surface area contributed by atoms with Crippen LogP contribution in [0.15, 0.2) is 78.7 Å². The number of hydrogen-bond acceptors (Lipinski definition) is 5. The number of benzene rings is 2. The largest absolute Gasteiger partial charge is 0.342 e. The Kier molecular flexibility index (Phi) is 5.02. The van der Waals surface area contributed by atoms with Crippen LogP contribution in [0.25, 0.3) is 10.6 Å². The number of amides is 1. The molecule has 7 heteroatoms. The van der Waals surface area contributed by atoms with Gasteiger partial charge in [0.2, 0.25) is 0 Å². The summed E-state index contributed by atoms with van der Waals surface area (Å²) in [6.45, 7) is 0.492. The maximum absolute atomic E-state index is 12.8. The fourth-order valence-corrected chi connectivity index (χ4v) is 3.56. The molecule has 0 radical (unpaired) electrons. The van der Waals surface area contributed by atoms with E-state index in [0.717, 1.165) is 16.1 Å². The summed E-state index contributed by atoms with van der Waals surface area (Å²) in [7, 11) is 0. The number of nitrogens with zero attached hydrogens (tertiary/aromatic N) is 4. The quantitative estimate of drug-likeness (QED) is 0.559. The summed E-state index contributed by atoms with van der Waals surface area (Å²) in [6.07, 6.45) is 3.12. The number of carbonyl (C=O) groups is 1. The van der Waals surface area contributed by atoms with Gasteiger partial charge in [-0.25, -0.2) is 9.97 Å². The van der Waals surface area contributed by atoms with Gasteiger partial charge < -0.3 is 5.32 Å². The molecule has 1 N–H and O–H groups in total. The van der Waals surface area contributed by atoms with E-state index < -0.39 is 0 Å². The Bertz CT molecular complexity index is 999. The van der Waals surface area contributed by atoms with Crippen molar-refractivity contribution in [3.05, 3.63) is 90.0 Å². The molecule has 0 spiro atoms. The standard InChI is InChI=1S/C20H17N5OS/c26-19(18-12-27-20(24-18)16-9-5-2-6-10-16)23-17(11-25-14-21-13-22-25)15-7-3-1-4-8-15/h1-10,12-14,17H,11H2,(H,23,26). The van der Waals surface area contributed by atoms with Crippen molar-refractivity contribution in [2.45, 2.75) is 12.6 Å². The van der Waals surface area contributed by atoms with Crippen LogP contribution in [0.1, 0.15) is 22.1 Å². The van der Waals surface area contributed by atoms with Gasteiger partial charge >= 0.3 is 0 Å². The van der Waals surface area contributed by atoms with Gasteiger partial charge in [-0.3, -0.25) is 9.48 Å². The van der Waals surface area contributed by atoms with Crippen molar-refractivity contribution in [1.29, 1.82) is 0 Å². The van der Waals surface area contributed by atoms with Crippen LogP contribution in [0.4, 0.5) is 0 Å². The molecule has 134 valence electrons. The van der Waals surface area contributed by atoms with E-state index in [4.69, 9.17) is 0 Å². The zero-order chi connectivity index (χ0) is 18.5. The number of nitrogens with one attached hydrogen (secondary N) is 1. The van der Waals surface area contributed by atoms with E-state index in [0.29, 0.717) is 12.2 Å². The maximum Gasteiger partial charge on any atom is 0.271 e. The Labute approximate surface area is 160 Å². The van der Waals surface area contributed by atoms with Crippen molar-refractivity contribution < 1.29 is 4.79 Å². The van der Waals surface area contributed by atoms with E-state index in [9.17, 15) is 4.79 Å². The maximum atomic E-state index is 12.8. The van der Waals surface area contributed by atoms with E-state index in [2.05, 4.69) is 20.4 Å². The second-order valence-corrected chi connectivity index (χ2v) is 6.82. The molecule has 4 aromatic rings. The van der Waals surface area contributed by atoms with Crippen LogP contribution in [0.5, 0.6) is 0 Å². The lowest BCUT2D eigenvalue weighted by atomic mass is 10.1. The van der Waals surface area contributed by atoms with Gasteiger partial charge in [0.25, 0.3) is 5.91 Å². The molecule has 0 fully saturated rings. The topological polar surface area (TPSA) is 72.7 Å². The summed E-state index contributed by atoms with van der Waals surface area (Å²) in [4.78, 5) is 21.3. The fraction of sp³-hybridized carbons (Fsp3) is 0.100. The normalized spacial score (nSPS) is 11.9. The molecule has 1 amide bonds. The van der Waals surface area contributed by atoms with E-state index in [-0.39, 0.29) is 11.9 Å². The van der Waals surface area contributed by atoms with E-state index in [1.54, 1.807) is 16.4 Å². The average Bonchev–Trinajstić information content (AvgIpc) is 3.41. The first-order chi connectivity index (χ1) is 13.3. The molecule has 4 rings (SSSR count). The zero-order valence-electron chi connectivity index (χ0n) is 14.4. The van der Waals surface area contributed by atoms with Crippen LogP contribution in [0.2, 0.25) is 0 Å². The molecule has 2 aromatic carbocycles. The highest BCUT2D eigenvalue weighted by Crippen LogP contribution is 2.24. The predicted molar refractivity (Wildman–Crippen MR) is 104 cm³/mol. The molecule has 0 saturated carbocycles. The van der Waals surface area contributed by atoms with Gasteiger partial charge in [-0.2, -0.15) is 5.10 Å². The minimum Gasteiger partial charge on any atom is -0.342 e. The minimum absolute atomic E-state index is 0.206. The Morgan fingerprint density at radius 3 is 2.52 bits per heavy atom. The Morgan fingerprint density at radius 2 is 1.81 bits per heavy atom. The van der Waals surface area contributed by atoms with Gasteiger partial charge in [0.1, 0.15) is 23.4 Å². The summed E-state index contributed by atoms with van der Waals surface area (Å²) in [5.41, 5.74) is 2.42. The Balaban J connectivity index is 1.54. The van der Waals surface area contributed by atoms with Crippen LogP contribution >= 0.6 is 11.3 Å². The second-order valence-electron chi connectivity index (χ2n) is 5.96. The molecule has 6 nitrogen and oxygen atoms in total. The SMILES string of the molecule is O=C(NC(Cn1cncn1)c1ccccc1)c1csc(-c2ccccc2)n1. The first-order valence-electron chi connectivity index (χ1n) is 8.49. The van der Waals surface area contributed by atoms with Gasteiger partial charge in [-0.15, -0.1) is 11.3 Å². The highest BCUT2D eigenvalue weighted by molar-refractivity contribution is 7.13. The molecule has 0 aliphatic carbocycles. The Morgan fingerprint density at radius 1 is 1.07 bits per heavy atom. The molecule has 0 bridgehead atoms. The third-order valence-electron chi connectivity index (χ3n) is 4.10. The molecule has 2 aromatic heterocycles. The molecule has 2 heterocycles. The number of carbonyl (C=O) groups excluding carboxylic acids is 1. The lowest BCUT2D eigenvalue weighted by Gasteiger charge is -2.18.